The van der Waals surface area contributed by atoms with Gasteiger partial charge in [0.25, 0.3) is 0 Å². The molecule has 0 amide bonds. The van der Waals surface area contributed by atoms with E-state index in [1.807, 2.05) is 0 Å². The molecule has 0 heterocycles. The molecule has 0 aromatic carbocycles. The molecule has 1 heteroatoms. The maximum Gasteiger partial charge on any atom is 0 e. The minimum absolute atomic E-state index is 0. The average molecular weight is 94.0 g/mol. The minimum Gasteiger partial charge on any atom is -0.0991 e. The summed E-state index contributed by atoms with van der Waals surface area (Å²) in [6.45, 7) is 6.72. The molecule has 0 unspecified atom stereocenters. The summed E-state index contributed by atoms with van der Waals surface area (Å²) in [6.07, 6.45) is 3.28. The smallest absolute Gasteiger partial charge is 0 e. The second kappa shape index (κ2) is 8.83. The molecule has 0 aromatic heterocycles. The molecule has 0 aromatic rings. The zero-order valence-corrected chi connectivity index (χ0v) is 3.63. The normalized spacial score (nSPS) is 4.00. The standard InChI is InChI=1S/C4H6.Ar/c1-3-4-2;/h3-4H,1-2H2;. The summed E-state index contributed by atoms with van der Waals surface area (Å²) in [6, 6.07) is 0. The SMILES string of the molecule is C=CC=C.[Ar]. The second-order valence-electron chi connectivity index (χ2n) is 0.471. The first-order valence-electron chi connectivity index (χ1n) is 1.15. The third-order valence-electron chi connectivity index (χ3n) is 0.167. The van der Waals surface area contributed by atoms with Crippen molar-refractivity contribution in [1.82, 2.24) is 0 Å². The van der Waals surface area contributed by atoms with E-state index in [2.05, 4.69) is 13.2 Å². The van der Waals surface area contributed by atoms with Crippen molar-refractivity contribution in [2.75, 3.05) is 0 Å². The Balaban J connectivity index is 0. The van der Waals surface area contributed by atoms with Gasteiger partial charge in [0.1, 0.15) is 0 Å². The fraction of sp³-hybridized carbons (Fsp3) is 0. The largest absolute Gasteiger partial charge is 0.0991 e. The van der Waals surface area contributed by atoms with Gasteiger partial charge in [-0.05, 0) is 0 Å². The number of hydrogen-bond donors (Lipinski definition) is 0. The van der Waals surface area contributed by atoms with Crippen LogP contribution < -0.4 is 0 Å². The topological polar surface area (TPSA) is 0 Å². The maximum absolute atomic E-state index is 3.36. The first-order valence-corrected chi connectivity index (χ1v) is 1.15. The van der Waals surface area contributed by atoms with Crippen LogP contribution in [0.4, 0.5) is 0 Å². The number of allylic oxidation sites excluding steroid dienone is 2. The van der Waals surface area contributed by atoms with E-state index in [0.29, 0.717) is 0 Å². The summed E-state index contributed by atoms with van der Waals surface area (Å²) in [4.78, 5) is 0. The second-order valence-corrected chi connectivity index (χ2v) is 0.471. The molecule has 0 spiro atoms. The van der Waals surface area contributed by atoms with Crippen LogP contribution in [0.25, 0.3) is 0 Å². The van der Waals surface area contributed by atoms with Gasteiger partial charge in [-0.15, -0.1) is 0 Å². The van der Waals surface area contributed by atoms with Gasteiger partial charge in [-0.2, -0.15) is 0 Å². The van der Waals surface area contributed by atoms with E-state index in [0.717, 1.165) is 0 Å². The Bertz CT molecular complexity index is 24.6. The molecule has 0 saturated heterocycles. The third kappa shape index (κ3) is 11.8. The molecule has 0 rings (SSSR count). The summed E-state index contributed by atoms with van der Waals surface area (Å²) in [5.74, 6) is 0. The molecule has 0 fully saturated rings. The van der Waals surface area contributed by atoms with Crippen molar-refractivity contribution in [2.24, 2.45) is 0 Å². The van der Waals surface area contributed by atoms with E-state index in [1.165, 1.54) is 0 Å². The molecule has 5 heavy (non-hydrogen) atoms. The molecule has 0 N–H and O–H groups in total. The molecule has 0 aliphatic heterocycles. The fourth-order valence-electron chi connectivity index (χ4n) is 0. The summed E-state index contributed by atoms with van der Waals surface area (Å²) in [5.41, 5.74) is 0. The van der Waals surface area contributed by atoms with Crippen molar-refractivity contribution in [1.29, 1.82) is 0 Å². The summed E-state index contributed by atoms with van der Waals surface area (Å²) in [7, 11) is 0. The van der Waals surface area contributed by atoms with Crippen LogP contribution >= 0.6 is 0 Å². The van der Waals surface area contributed by atoms with Gasteiger partial charge in [-0.25, -0.2) is 0 Å². The first-order chi connectivity index (χ1) is 1.91. The van der Waals surface area contributed by atoms with E-state index < -0.39 is 0 Å². The monoisotopic (exact) mass is 94.0 g/mol. The Morgan fingerprint density at radius 1 is 1.00 bits per heavy atom. The zero-order chi connectivity index (χ0) is 3.41. The van der Waals surface area contributed by atoms with Gasteiger partial charge < -0.3 is 0 Å². The molecular weight excluding hydrogens is 88.0 g/mol. The van der Waals surface area contributed by atoms with Crippen LogP contribution in [0.15, 0.2) is 25.3 Å². The number of hydrogen-bond acceptors (Lipinski definition) is 0. The average Bonchev–Trinajstić information content (AvgIpc) is 1.37. The van der Waals surface area contributed by atoms with Crippen molar-refractivity contribution in [2.45, 2.75) is 0 Å². The van der Waals surface area contributed by atoms with E-state index >= 15 is 0 Å². The van der Waals surface area contributed by atoms with Gasteiger partial charge in [0.05, 0.1) is 0 Å². The molecule has 0 aliphatic carbocycles. The number of rotatable bonds is 1. The van der Waals surface area contributed by atoms with Crippen LogP contribution in [0, 0.1) is 37.7 Å². The van der Waals surface area contributed by atoms with E-state index in [1.54, 1.807) is 12.2 Å². The zero-order valence-electron chi connectivity index (χ0n) is 2.92. The van der Waals surface area contributed by atoms with Crippen molar-refractivity contribution in [3.05, 3.63) is 25.3 Å². The summed E-state index contributed by atoms with van der Waals surface area (Å²) >= 11 is 0. The Kier molecular flexibility index (Phi) is 16.3. The molecule has 0 radical (unpaired) electrons. The Morgan fingerprint density at radius 2 is 1.20 bits per heavy atom. The summed E-state index contributed by atoms with van der Waals surface area (Å²) < 4.78 is 0. The van der Waals surface area contributed by atoms with Crippen molar-refractivity contribution < 1.29 is 37.7 Å². The molecule has 0 atom stereocenters. The quantitative estimate of drug-likeness (QED) is 0.430. The van der Waals surface area contributed by atoms with Gasteiger partial charge >= 0.3 is 0 Å². The van der Waals surface area contributed by atoms with Crippen molar-refractivity contribution in [3.63, 3.8) is 0 Å². The van der Waals surface area contributed by atoms with Gasteiger partial charge in [-0.1, -0.05) is 25.3 Å². The van der Waals surface area contributed by atoms with Crippen LogP contribution in [0.3, 0.4) is 0 Å². The van der Waals surface area contributed by atoms with Gasteiger partial charge in [-0.3, -0.25) is 0 Å². The van der Waals surface area contributed by atoms with Crippen LogP contribution in [0.5, 0.6) is 0 Å². The molecule has 0 nitrogen and oxygen atoms in total. The Hall–Kier alpha value is 0.740. The first kappa shape index (κ1) is 9.22. The molecular formula is C4H6Ar. The van der Waals surface area contributed by atoms with Crippen molar-refractivity contribution >= 4 is 0 Å². The van der Waals surface area contributed by atoms with Gasteiger partial charge in [0.15, 0.2) is 0 Å². The van der Waals surface area contributed by atoms with E-state index in [4.69, 9.17) is 0 Å². The van der Waals surface area contributed by atoms with E-state index in [-0.39, 0.29) is 37.7 Å². The molecule has 0 saturated carbocycles. The molecule has 0 bridgehead atoms. The van der Waals surface area contributed by atoms with Crippen LogP contribution in [0.2, 0.25) is 0 Å². The van der Waals surface area contributed by atoms with Gasteiger partial charge in [0.2, 0.25) is 0 Å². The predicted molar refractivity (Wildman–Crippen MR) is 20.4 cm³/mol. The van der Waals surface area contributed by atoms with Crippen LogP contribution in [-0.2, 0) is 0 Å². The predicted octanol–water partition coefficient (Wildman–Crippen LogP) is 1.36. The minimum atomic E-state index is 0. The van der Waals surface area contributed by atoms with Gasteiger partial charge in [0, 0.05) is 37.7 Å². The Labute approximate surface area is 62.6 Å². The fourth-order valence-corrected chi connectivity index (χ4v) is 0. The van der Waals surface area contributed by atoms with Crippen molar-refractivity contribution in [3.8, 4) is 0 Å². The summed E-state index contributed by atoms with van der Waals surface area (Å²) in [5, 5.41) is 0. The molecule has 30 valence electrons. The third-order valence-corrected chi connectivity index (χ3v) is 0.167. The van der Waals surface area contributed by atoms with Crippen LogP contribution in [0.1, 0.15) is 0 Å². The van der Waals surface area contributed by atoms with Crippen LogP contribution in [-0.4, -0.2) is 0 Å². The molecule has 0 aliphatic rings. The van der Waals surface area contributed by atoms with E-state index in [9.17, 15) is 0 Å². The Morgan fingerprint density at radius 3 is 1.20 bits per heavy atom. The maximum atomic E-state index is 3.36.